The van der Waals surface area contributed by atoms with Gasteiger partial charge in [-0.25, -0.2) is 0 Å². The van der Waals surface area contributed by atoms with Crippen LogP contribution in [0.15, 0.2) is 0 Å². The van der Waals surface area contributed by atoms with Gasteiger partial charge in [-0.1, -0.05) is 33.1 Å². The molecule has 0 bridgehead atoms. The quantitative estimate of drug-likeness (QED) is 0.514. The van der Waals surface area contributed by atoms with Gasteiger partial charge in [0, 0.05) is 6.61 Å². The second-order valence-corrected chi connectivity index (χ2v) is 2.75. The van der Waals surface area contributed by atoms with Crippen LogP contribution in [-0.4, -0.2) is 14.7 Å². The van der Waals surface area contributed by atoms with Crippen molar-refractivity contribution in [3.63, 3.8) is 0 Å². The molecule has 0 aliphatic rings. The molecule has 1 nitrogen and oxygen atoms in total. The molecule has 0 saturated heterocycles. The Hall–Kier alpha value is 0.0249. The Balaban J connectivity index is 3.21. The van der Waals surface area contributed by atoms with Gasteiger partial charge in [0.05, 0.1) is 0 Å². The van der Waals surface area contributed by atoms with Gasteiger partial charge in [-0.3, -0.25) is 0 Å². The lowest BCUT2D eigenvalue weighted by Crippen LogP contribution is -2.06. The van der Waals surface area contributed by atoms with E-state index in [2.05, 4.69) is 18.5 Å². The summed E-state index contributed by atoms with van der Waals surface area (Å²) in [5.74, 6) is 0.671. The van der Waals surface area contributed by atoms with Gasteiger partial charge in [0.2, 0.25) is 0 Å². The molecule has 0 spiro atoms. The molecule has 1 unspecified atom stereocenters. The average molecular weight is 140 g/mol. The van der Waals surface area contributed by atoms with E-state index >= 15 is 0 Å². The zero-order chi connectivity index (χ0) is 7.82. The highest BCUT2D eigenvalue weighted by molar-refractivity contribution is 5.97. The Morgan fingerprint density at radius 3 is 2.50 bits per heavy atom. The van der Waals surface area contributed by atoms with Crippen LogP contribution >= 0.6 is 0 Å². The van der Waals surface area contributed by atoms with E-state index in [0.717, 1.165) is 6.61 Å². The highest BCUT2D eigenvalue weighted by atomic mass is 16.4. The molecule has 2 heteroatoms. The third-order valence-corrected chi connectivity index (χ3v) is 1.88. The maximum absolute atomic E-state index is 4.98. The van der Waals surface area contributed by atoms with E-state index in [1.165, 1.54) is 25.7 Å². The Kier molecular flexibility index (Phi) is 7.15. The molecule has 0 rings (SSSR count). The molecule has 0 amide bonds. The highest BCUT2D eigenvalue weighted by Crippen LogP contribution is 2.11. The van der Waals surface area contributed by atoms with Gasteiger partial charge in [0.25, 0.3) is 8.05 Å². The molecule has 0 aromatic rings. The van der Waals surface area contributed by atoms with Crippen molar-refractivity contribution in [2.45, 2.75) is 39.5 Å². The van der Waals surface area contributed by atoms with E-state index in [4.69, 9.17) is 8.05 Å². The summed E-state index contributed by atoms with van der Waals surface area (Å²) in [5.41, 5.74) is 0. The minimum absolute atomic E-state index is 0.671. The molecule has 0 aromatic carbocycles. The van der Waals surface area contributed by atoms with Crippen LogP contribution in [0.4, 0.5) is 0 Å². The maximum atomic E-state index is 4.98. The number of rotatable bonds is 6. The van der Waals surface area contributed by atoms with E-state index in [1.807, 2.05) is 0 Å². The van der Waals surface area contributed by atoms with E-state index in [1.54, 1.807) is 0 Å². The van der Waals surface area contributed by atoms with Crippen molar-refractivity contribution in [2.24, 2.45) is 5.92 Å². The number of unbranched alkanes of at least 4 members (excludes halogenated alkanes) is 1. The van der Waals surface area contributed by atoms with Gasteiger partial charge in [-0.15, -0.1) is 0 Å². The zero-order valence-corrected chi connectivity index (χ0v) is 7.10. The minimum Gasteiger partial charge on any atom is -0.447 e. The SMILES string of the molecule is [B]OCC(CC)CCCC. The normalized spacial score (nSPS) is 13.4. The third-order valence-electron chi connectivity index (χ3n) is 1.88. The highest BCUT2D eigenvalue weighted by Gasteiger charge is 2.02. The second-order valence-electron chi connectivity index (χ2n) is 2.75. The topological polar surface area (TPSA) is 9.23 Å². The average Bonchev–Trinajstić information content (AvgIpc) is 1.98. The first kappa shape index (κ1) is 10.0. The largest absolute Gasteiger partial charge is 0.447 e. The number of hydrogen-bond acceptors (Lipinski definition) is 1. The minimum atomic E-state index is 0.671. The lowest BCUT2D eigenvalue weighted by Gasteiger charge is -2.12. The van der Waals surface area contributed by atoms with Gasteiger partial charge in [-0.05, 0) is 12.3 Å². The molecule has 58 valence electrons. The van der Waals surface area contributed by atoms with E-state index in [9.17, 15) is 0 Å². The summed E-state index contributed by atoms with van der Waals surface area (Å²) in [6.45, 7) is 5.10. The van der Waals surface area contributed by atoms with Crippen LogP contribution in [0.2, 0.25) is 0 Å². The predicted molar refractivity (Wildman–Crippen MR) is 45.0 cm³/mol. The lowest BCUT2D eigenvalue weighted by atomic mass is 10.0. The molecular formula is C8H17BO. The molecule has 0 aliphatic heterocycles. The molecule has 0 heterocycles. The summed E-state index contributed by atoms with van der Waals surface area (Å²) >= 11 is 0. The van der Waals surface area contributed by atoms with Gasteiger partial charge in [0.15, 0.2) is 0 Å². The fraction of sp³-hybridized carbons (Fsp3) is 1.00. The van der Waals surface area contributed by atoms with Crippen LogP contribution in [0, 0.1) is 5.92 Å². The molecule has 0 aromatic heterocycles. The Morgan fingerprint density at radius 1 is 1.40 bits per heavy atom. The van der Waals surface area contributed by atoms with E-state index in [-0.39, 0.29) is 0 Å². The summed E-state index contributed by atoms with van der Waals surface area (Å²) in [6, 6.07) is 0. The van der Waals surface area contributed by atoms with Crippen LogP contribution in [-0.2, 0) is 4.65 Å². The maximum Gasteiger partial charge on any atom is 0.282 e. The van der Waals surface area contributed by atoms with Crippen molar-refractivity contribution in [3.05, 3.63) is 0 Å². The standard InChI is InChI=1S/C8H17BO/c1-3-5-6-8(4-2)7-10-9/h8H,3-7H2,1-2H3. The van der Waals surface area contributed by atoms with Crippen LogP contribution < -0.4 is 0 Å². The van der Waals surface area contributed by atoms with Crippen LogP contribution in [0.3, 0.4) is 0 Å². The fourth-order valence-electron chi connectivity index (χ4n) is 1.03. The van der Waals surface area contributed by atoms with Gasteiger partial charge >= 0.3 is 0 Å². The summed E-state index contributed by atoms with van der Waals surface area (Å²) < 4.78 is 4.59. The molecule has 0 N–H and O–H groups in total. The molecular weight excluding hydrogens is 123 g/mol. The lowest BCUT2D eigenvalue weighted by molar-refractivity contribution is 0.251. The van der Waals surface area contributed by atoms with Crippen molar-refractivity contribution >= 4 is 8.05 Å². The van der Waals surface area contributed by atoms with Gasteiger partial charge < -0.3 is 4.65 Å². The van der Waals surface area contributed by atoms with Crippen molar-refractivity contribution in [3.8, 4) is 0 Å². The summed E-state index contributed by atoms with van der Waals surface area (Å²) in [6.07, 6.45) is 4.99. The van der Waals surface area contributed by atoms with Crippen molar-refractivity contribution in [2.75, 3.05) is 6.61 Å². The smallest absolute Gasteiger partial charge is 0.282 e. The van der Waals surface area contributed by atoms with Crippen LogP contribution in [0.5, 0.6) is 0 Å². The zero-order valence-electron chi connectivity index (χ0n) is 7.10. The Labute approximate surface area is 65.6 Å². The molecule has 0 aliphatic carbocycles. The molecule has 0 fully saturated rings. The predicted octanol–water partition coefficient (Wildman–Crippen LogP) is 2.30. The molecule has 2 radical (unpaired) electrons. The van der Waals surface area contributed by atoms with E-state index in [0.29, 0.717) is 5.92 Å². The molecule has 1 atom stereocenters. The Morgan fingerprint density at radius 2 is 2.10 bits per heavy atom. The van der Waals surface area contributed by atoms with Crippen LogP contribution in [0.25, 0.3) is 0 Å². The van der Waals surface area contributed by atoms with Gasteiger partial charge in [0.1, 0.15) is 0 Å². The van der Waals surface area contributed by atoms with Crippen molar-refractivity contribution < 1.29 is 4.65 Å². The van der Waals surface area contributed by atoms with Crippen molar-refractivity contribution in [1.29, 1.82) is 0 Å². The first-order valence-electron chi connectivity index (χ1n) is 4.16. The monoisotopic (exact) mass is 140 g/mol. The molecule has 0 saturated carbocycles. The van der Waals surface area contributed by atoms with Crippen LogP contribution in [0.1, 0.15) is 39.5 Å². The summed E-state index contributed by atoms with van der Waals surface area (Å²) in [7, 11) is 4.98. The Bertz CT molecular complexity index is 66.3. The van der Waals surface area contributed by atoms with E-state index < -0.39 is 0 Å². The van der Waals surface area contributed by atoms with Gasteiger partial charge in [-0.2, -0.15) is 0 Å². The first-order chi connectivity index (χ1) is 4.85. The third kappa shape index (κ3) is 4.86. The summed E-state index contributed by atoms with van der Waals surface area (Å²) in [5, 5.41) is 0. The second kappa shape index (κ2) is 7.14. The molecule has 10 heavy (non-hydrogen) atoms. The fourth-order valence-corrected chi connectivity index (χ4v) is 1.03. The summed E-state index contributed by atoms with van der Waals surface area (Å²) in [4.78, 5) is 0. The first-order valence-corrected chi connectivity index (χ1v) is 4.16. The number of hydrogen-bond donors (Lipinski definition) is 0. The van der Waals surface area contributed by atoms with Crippen molar-refractivity contribution in [1.82, 2.24) is 0 Å².